The number of rotatable bonds is 6. The molecular weight excluding hydrogens is 267 g/mol. The Labute approximate surface area is 114 Å². The van der Waals surface area contributed by atoms with Crippen molar-refractivity contribution in [2.75, 3.05) is 6.54 Å². The zero-order valence-corrected chi connectivity index (χ0v) is 12.3. The third-order valence-electron chi connectivity index (χ3n) is 3.24. The van der Waals surface area contributed by atoms with Gasteiger partial charge in [0.25, 0.3) is 0 Å². The average molecular weight is 288 g/mol. The van der Waals surface area contributed by atoms with E-state index in [9.17, 15) is 12.8 Å². The molecule has 0 heterocycles. The van der Waals surface area contributed by atoms with Gasteiger partial charge in [-0.1, -0.05) is 26.8 Å². The minimum atomic E-state index is -3.74. The average Bonchev–Trinajstić information content (AvgIpc) is 2.37. The highest BCUT2D eigenvalue weighted by molar-refractivity contribution is 7.89. The number of hydrogen-bond donors (Lipinski definition) is 2. The van der Waals surface area contributed by atoms with Crippen LogP contribution in [0.15, 0.2) is 23.1 Å². The monoisotopic (exact) mass is 288 g/mol. The zero-order valence-electron chi connectivity index (χ0n) is 11.5. The van der Waals surface area contributed by atoms with Gasteiger partial charge in [-0.3, -0.25) is 0 Å². The van der Waals surface area contributed by atoms with Crippen LogP contribution in [0.5, 0.6) is 0 Å². The van der Waals surface area contributed by atoms with Crippen LogP contribution in [0.3, 0.4) is 0 Å². The van der Waals surface area contributed by atoms with E-state index in [0.29, 0.717) is 12.1 Å². The van der Waals surface area contributed by atoms with E-state index >= 15 is 0 Å². The van der Waals surface area contributed by atoms with E-state index in [1.54, 1.807) is 0 Å². The van der Waals surface area contributed by atoms with Gasteiger partial charge in [0, 0.05) is 13.1 Å². The van der Waals surface area contributed by atoms with E-state index in [1.165, 1.54) is 12.1 Å². The molecule has 0 aliphatic carbocycles. The fourth-order valence-electron chi connectivity index (χ4n) is 1.44. The first-order valence-electron chi connectivity index (χ1n) is 6.20. The molecule has 0 saturated heterocycles. The van der Waals surface area contributed by atoms with E-state index in [-0.39, 0.29) is 16.9 Å². The fraction of sp³-hybridized carbons (Fsp3) is 0.538. The van der Waals surface area contributed by atoms with Crippen LogP contribution in [-0.2, 0) is 16.6 Å². The highest BCUT2D eigenvalue weighted by Gasteiger charge is 2.23. The molecule has 6 heteroatoms. The summed E-state index contributed by atoms with van der Waals surface area (Å²) >= 11 is 0. The predicted molar refractivity (Wildman–Crippen MR) is 73.6 cm³/mol. The summed E-state index contributed by atoms with van der Waals surface area (Å²) in [6.45, 7) is 6.26. The molecule has 0 bridgehead atoms. The SMILES string of the molecule is CCC(C)(C)CNS(=O)(=O)c1cc(F)ccc1CN. The summed E-state index contributed by atoms with van der Waals surface area (Å²) in [6.07, 6.45) is 0.836. The minimum Gasteiger partial charge on any atom is -0.326 e. The second-order valence-corrected chi connectivity index (χ2v) is 7.03. The molecule has 4 nitrogen and oxygen atoms in total. The second-order valence-electron chi connectivity index (χ2n) is 5.30. The summed E-state index contributed by atoms with van der Waals surface area (Å²) in [4.78, 5) is -0.0816. The number of halogens is 1. The molecule has 0 aromatic heterocycles. The van der Waals surface area contributed by atoms with Gasteiger partial charge in [0.15, 0.2) is 0 Å². The van der Waals surface area contributed by atoms with Crippen LogP contribution in [0.25, 0.3) is 0 Å². The fourth-order valence-corrected chi connectivity index (χ4v) is 2.94. The third kappa shape index (κ3) is 4.26. The lowest BCUT2D eigenvalue weighted by Crippen LogP contribution is -2.34. The van der Waals surface area contributed by atoms with E-state index < -0.39 is 15.8 Å². The van der Waals surface area contributed by atoms with Crippen molar-refractivity contribution >= 4 is 10.0 Å². The van der Waals surface area contributed by atoms with Gasteiger partial charge in [-0.2, -0.15) is 0 Å². The van der Waals surface area contributed by atoms with Crippen LogP contribution >= 0.6 is 0 Å². The second kappa shape index (κ2) is 5.98. The first kappa shape index (κ1) is 16.1. The molecule has 0 fully saturated rings. The van der Waals surface area contributed by atoms with Crippen LogP contribution < -0.4 is 10.5 Å². The Hall–Kier alpha value is -0.980. The molecule has 0 aliphatic heterocycles. The van der Waals surface area contributed by atoms with Crippen molar-refractivity contribution in [2.24, 2.45) is 11.1 Å². The summed E-state index contributed by atoms with van der Waals surface area (Å²) < 4.78 is 40.1. The number of hydrogen-bond acceptors (Lipinski definition) is 3. The van der Waals surface area contributed by atoms with Gasteiger partial charge in [0.2, 0.25) is 10.0 Å². The van der Waals surface area contributed by atoms with Crippen LogP contribution in [0.1, 0.15) is 32.8 Å². The molecule has 0 radical (unpaired) electrons. The first-order chi connectivity index (χ1) is 8.72. The Bertz CT molecular complexity index is 542. The highest BCUT2D eigenvalue weighted by Crippen LogP contribution is 2.21. The maximum atomic E-state index is 13.2. The summed E-state index contributed by atoms with van der Waals surface area (Å²) in [6, 6.07) is 3.61. The van der Waals surface area contributed by atoms with Gasteiger partial charge in [-0.05, 0) is 29.5 Å². The molecule has 0 amide bonds. The Morgan fingerprint density at radius 3 is 2.53 bits per heavy atom. The molecule has 1 aromatic rings. The van der Waals surface area contributed by atoms with Crippen molar-refractivity contribution in [3.63, 3.8) is 0 Å². The summed E-state index contributed by atoms with van der Waals surface area (Å²) in [5.41, 5.74) is 5.75. The van der Waals surface area contributed by atoms with E-state index in [1.807, 2.05) is 20.8 Å². The van der Waals surface area contributed by atoms with Gasteiger partial charge in [-0.25, -0.2) is 17.5 Å². The van der Waals surface area contributed by atoms with Crippen LogP contribution in [0.2, 0.25) is 0 Å². The minimum absolute atomic E-state index is 0.0493. The molecule has 0 atom stereocenters. The highest BCUT2D eigenvalue weighted by atomic mass is 32.2. The van der Waals surface area contributed by atoms with Gasteiger partial charge in [0.05, 0.1) is 4.90 Å². The van der Waals surface area contributed by atoms with Gasteiger partial charge in [-0.15, -0.1) is 0 Å². The molecule has 0 saturated carbocycles. The summed E-state index contributed by atoms with van der Waals surface area (Å²) in [5.74, 6) is -0.590. The molecule has 108 valence electrons. The van der Waals surface area contributed by atoms with Crippen molar-refractivity contribution in [3.05, 3.63) is 29.6 Å². The Morgan fingerprint density at radius 1 is 1.37 bits per heavy atom. The number of sulfonamides is 1. The molecule has 0 aliphatic rings. The lowest BCUT2D eigenvalue weighted by molar-refractivity contribution is 0.350. The maximum absolute atomic E-state index is 13.2. The number of benzene rings is 1. The normalized spacial score (nSPS) is 12.7. The largest absolute Gasteiger partial charge is 0.326 e. The first-order valence-corrected chi connectivity index (χ1v) is 7.68. The van der Waals surface area contributed by atoms with E-state index in [0.717, 1.165) is 12.5 Å². The van der Waals surface area contributed by atoms with Crippen LogP contribution in [0.4, 0.5) is 4.39 Å². The van der Waals surface area contributed by atoms with Crippen molar-refractivity contribution in [1.29, 1.82) is 0 Å². The van der Waals surface area contributed by atoms with Crippen LogP contribution in [-0.4, -0.2) is 15.0 Å². The Morgan fingerprint density at radius 2 is 2.00 bits per heavy atom. The quantitative estimate of drug-likeness (QED) is 0.841. The van der Waals surface area contributed by atoms with E-state index in [2.05, 4.69) is 4.72 Å². The van der Waals surface area contributed by atoms with Gasteiger partial charge in [0.1, 0.15) is 5.82 Å². The zero-order chi connectivity index (χ0) is 14.7. The summed E-state index contributed by atoms with van der Waals surface area (Å²) in [7, 11) is -3.74. The third-order valence-corrected chi connectivity index (χ3v) is 4.72. The van der Waals surface area contributed by atoms with E-state index in [4.69, 9.17) is 5.73 Å². The smallest absolute Gasteiger partial charge is 0.241 e. The lowest BCUT2D eigenvalue weighted by atomic mass is 9.91. The molecule has 3 N–H and O–H groups in total. The van der Waals surface area contributed by atoms with Gasteiger partial charge >= 0.3 is 0 Å². The van der Waals surface area contributed by atoms with Crippen molar-refractivity contribution < 1.29 is 12.8 Å². The lowest BCUT2D eigenvalue weighted by Gasteiger charge is -2.23. The summed E-state index contributed by atoms with van der Waals surface area (Å²) in [5, 5.41) is 0. The Kier molecular flexibility index (Phi) is 5.06. The van der Waals surface area contributed by atoms with Crippen molar-refractivity contribution in [1.82, 2.24) is 4.72 Å². The molecule has 1 rings (SSSR count). The number of nitrogens with two attached hydrogens (primary N) is 1. The molecule has 0 unspecified atom stereocenters. The maximum Gasteiger partial charge on any atom is 0.241 e. The Balaban J connectivity index is 3.04. The molecular formula is C13H21FN2O2S. The van der Waals surface area contributed by atoms with Crippen molar-refractivity contribution in [3.8, 4) is 0 Å². The molecule has 19 heavy (non-hydrogen) atoms. The topological polar surface area (TPSA) is 72.2 Å². The van der Waals surface area contributed by atoms with Gasteiger partial charge < -0.3 is 5.73 Å². The predicted octanol–water partition coefficient (Wildman–Crippen LogP) is 2.00. The van der Waals surface area contributed by atoms with Crippen molar-refractivity contribution in [2.45, 2.75) is 38.6 Å². The number of nitrogens with one attached hydrogen (secondary N) is 1. The standard InChI is InChI=1S/C13H21FN2O2S/c1-4-13(2,3)9-16-19(17,18)12-7-11(14)6-5-10(12)8-15/h5-7,16H,4,8-9,15H2,1-3H3. The molecule has 1 aromatic carbocycles. The van der Waals surface area contributed by atoms with Crippen LogP contribution in [0, 0.1) is 11.2 Å². The molecule has 0 spiro atoms.